The molecule has 1 aromatic rings. The Labute approximate surface area is 146 Å². The number of carbonyl (C=O) groups excluding carboxylic acids is 1. The van der Waals surface area contributed by atoms with E-state index in [9.17, 15) is 13.2 Å². The molecule has 5 nitrogen and oxygen atoms in total. The van der Waals surface area contributed by atoms with Crippen molar-refractivity contribution < 1.29 is 13.2 Å². The highest BCUT2D eigenvalue weighted by atomic mass is 32.2. The Balaban J connectivity index is 2.39. The molecule has 1 rings (SSSR count). The maximum absolute atomic E-state index is 12.0. The van der Waals surface area contributed by atoms with Crippen LogP contribution in [-0.4, -0.2) is 27.4 Å². The molecule has 0 aromatic heterocycles. The standard InChI is InChI=1S/C18H30N2O3S/c1-14(2)6-5-7-15(3)20-18(21)13-10-16-8-11-17(12-9-16)24(22,23)19-4/h8-9,11-12,14-15,19H,5-7,10,13H2,1-4H3,(H,20,21). The molecule has 2 N–H and O–H groups in total. The largest absolute Gasteiger partial charge is 0.354 e. The molecule has 0 heterocycles. The lowest BCUT2D eigenvalue weighted by atomic mass is 10.0. The molecule has 0 bridgehead atoms. The summed E-state index contributed by atoms with van der Waals surface area (Å²) in [5, 5.41) is 3.02. The first-order valence-corrected chi connectivity index (χ1v) is 10.0. The Kier molecular flexibility index (Phi) is 8.42. The van der Waals surface area contributed by atoms with Gasteiger partial charge in [0.25, 0.3) is 0 Å². The molecule has 0 radical (unpaired) electrons. The summed E-state index contributed by atoms with van der Waals surface area (Å²) in [6.45, 7) is 6.45. The van der Waals surface area contributed by atoms with E-state index in [1.165, 1.54) is 13.5 Å². The van der Waals surface area contributed by atoms with E-state index in [-0.39, 0.29) is 16.8 Å². The molecule has 0 saturated carbocycles. The number of benzene rings is 1. The highest BCUT2D eigenvalue weighted by Gasteiger charge is 2.11. The van der Waals surface area contributed by atoms with Crippen LogP contribution in [-0.2, 0) is 21.2 Å². The Morgan fingerprint density at radius 2 is 1.71 bits per heavy atom. The molecule has 0 aliphatic rings. The van der Waals surface area contributed by atoms with Gasteiger partial charge in [0.1, 0.15) is 0 Å². The summed E-state index contributed by atoms with van der Waals surface area (Å²) < 4.78 is 25.6. The SMILES string of the molecule is CNS(=O)(=O)c1ccc(CCC(=O)NC(C)CCCC(C)C)cc1. The summed E-state index contributed by atoms with van der Waals surface area (Å²) in [7, 11) is -2.02. The third-order valence-corrected chi connectivity index (χ3v) is 5.40. The first-order chi connectivity index (χ1) is 11.2. The van der Waals surface area contributed by atoms with E-state index < -0.39 is 10.0 Å². The zero-order valence-corrected chi connectivity index (χ0v) is 15.9. The maximum atomic E-state index is 12.0. The number of hydrogen-bond donors (Lipinski definition) is 2. The normalized spacial score (nSPS) is 13.0. The van der Waals surface area contributed by atoms with Crippen LogP contribution in [0.1, 0.15) is 52.0 Å². The van der Waals surface area contributed by atoms with Gasteiger partial charge in [-0.05, 0) is 50.4 Å². The molecule has 1 aromatic carbocycles. The second-order valence-corrected chi connectivity index (χ2v) is 8.53. The van der Waals surface area contributed by atoms with Crippen molar-refractivity contribution in [3.8, 4) is 0 Å². The molecule has 1 atom stereocenters. The quantitative estimate of drug-likeness (QED) is 0.678. The maximum Gasteiger partial charge on any atom is 0.240 e. The van der Waals surface area contributed by atoms with Crippen molar-refractivity contribution in [2.24, 2.45) is 5.92 Å². The van der Waals surface area contributed by atoms with Gasteiger partial charge in [0, 0.05) is 12.5 Å². The van der Waals surface area contributed by atoms with Crippen LogP contribution in [0.5, 0.6) is 0 Å². The van der Waals surface area contributed by atoms with Crippen molar-refractivity contribution in [3.63, 3.8) is 0 Å². The van der Waals surface area contributed by atoms with Crippen LogP contribution in [0.2, 0.25) is 0 Å². The number of amides is 1. The fourth-order valence-electron chi connectivity index (χ4n) is 2.46. The van der Waals surface area contributed by atoms with Gasteiger partial charge in [0.15, 0.2) is 0 Å². The minimum absolute atomic E-state index is 0.0407. The van der Waals surface area contributed by atoms with Gasteiger partial charge in [0.2, 0.25) is 15.9 Å². The smallest absolute Gasteiger partial charge is 0.240 e. The second-order valence-electron chi connectivity index (χ2n) is 6.64. The Bertz CT molecular complexity index is 610. The fourth-order valence-corrected chi connectivity index (χ4v) is 3.19. The van der Waals surface area contributed by atoms with E-state index in [1.807, 2.05) is 6.92 Å². The minimum Gasteiger partial charge on any atom is -0.354 e. The van der Waals surface area contributed by atoms with Crippen LogP contribution in [0.25, 0.3) is 0 Å². The van der Waals surface area contributed by atoms with Crippen LogP contribution in [0.15, 0.2) is 29.2 Å². The molecule has 1 unspecified atom stereocenters. The van der Waals surface area contributed by atoms with Crippen molar-refractivity contribution in [1.82, 2.24) is 10.0 Å². The predicted molar refractivity (Wildman–Crippen MR) is 97.3 cm³/mol. The fraction of sp³-hybridized carbons (Fsp3) is 0.611. The second kappa shape index (κ2) is 9.79. The highest BCUT2D eigenvalue weighted by Crippen LogP contribution is 2.12. The predicted octanol–water partition coefficient (Wildman–Crippen LogP) is 2.86. The number of sulfonamides is 1. The molecule has 0 aliphatic carbocycles. The van der Waals surface area contributed by atoms with Crippen molar-refractivity contribution in [3.05, 3.63) is 29.8 Å². The number of rotatable bonds is 10. The topological polar surface area (TPSA) is 75.3 Å². The lowest BCUT2D eigenvalue weighted by Crippen LogP contribution is -2.32. The van der Waals surface area contributed by atoms with E-state index in [0.29, 0.717) is 18.8 Å². The number of hydrogen-bond acceptors (Lipinski definition) is 3. The van der Waals surface area contributed by atoms with E-state index in [1.54, 1.807) is 24.3 Å². The molecule has 0 saturated heterocycles. The van der Waals surface area contributed by atoms with E-state index in [4.69, 9.17) is 0 Å². The third-order valence-electron chi connectivity index (χ3n) is 3.97. The molecule has 6 heteroatoms. The van der Waals surface area contributed by atoms with Crippen molar-refractivity contribution >= 4 is 15.9 Å². The summed E-state index contributed by atoms with van der Waals surface area (Å²) in [6, 6.07) is 6.83. The van der Waals surface area contributed by atoms with Crippen molar-refractivity contribution in [1.29, 1.82) is 0 Å². The Hall–Kier alpha value is -1.40. The van der Waals surface area contributed by atoms with Gasteiger partial charge in [-0.25, -0.2) is 13.1 Å². The van der Waals surface area contributed by atoms with Gasteiger partial charge in [-0.15, -0.1) is 0 Å². The summed E-state index contributed by atoms with van der Waals surface area (Å²) in [4.78, 5) is 12.2. The van der Waals surface area contributed by atoms with Crippen LogP contribution >= 0.6 is 0 Å². The van der Waals surface area contributed by atoms with Gasteiger partial charge in [-0.2, -0.15) is 0 Å². The lowest BCUT2D eigenvalue weighted by Gasteiger charge is -2.14. The van der Waals surface area contributed by atoms with Gasteiger partial charge >= 0.3 is 0 Å². The summed E-state index contributed by atoms with van der Waals surface area (Å²) >= 11 is 0. The monoisotopic (exact) mass is 354 g/mol. The van der Waals surface area contributed by atoms with Crippen LogP contribution in [0.4, 0.5) is 0 Å². The molecule has 0 aliphatic heterocycles. The average Bonchev–Trinajstić information content (AvgIpc) is 2.53. The van der Waals surface area contributed by atoms with Gasteiger partial charge < -0.3 is 5.32 Å². The highest BCUT2D eigenvalue weighted by molar-refractivity contribution is 7.89. The number of carbonyl (C=O) groups is 1. The Morgan fingerprint density at radius 3 is 2.25 bits per heavy atom. The van der Waals surface area contributed by atoms with E-state index >= 15 is 0 Å². The number of aryl methyl sites for hydroxylation is 1. The minimum atomic E-state index is -3.41. The molecule has 136 valence electrons. The van der Waals surface area contributed by atoms with Crippen LogP contribution in [0.3, 0.4) is 0 Å². The summed E-state index contributed by atoms with van der Waals surface area (Å²) in [5.41, 5.74) is 0.952. The first kappa shape index (κ1) is 20.6. The van der Waals surface area contributed by atoms with Crippen molar-refractivity contribution in [2.45, 2.75) is 63.8 Å². The van der Waals surface area contributed by atoms with Crippen molar-refractivity contribution in [2.75, 3.05) is 7.05 Å². The molecular formula is C18H30N2O3S. The molecule has 24 heavy (non-hydrogen) atoms. The zero-order valence-electron chi connectivity index (χ0n) is 15.1. The lowest BCUT2D eigenvalue weighted by molar-refractivity contribution is -0.121. The van der Waals surface area contributed by atoms with Gasteiger partial charge in [-0.3, -0.25) is 4.79 Å². The van der Waals surface area contributed by atoms with Crippen LogP contribution in [0, 0.1) is 5.92 Å². The van der Waals surface area contributed by atoms with Gasteiger partial charge in [-0.1, -0.05) is 38.8 Å². The molecule has 1 amide bonds. The molecular weight excluding hydrogens is 324 g/mol. The third kappa shape index (κ3) is 7.45. The molecule has 0 spiro atoms. The molecule has 0 fully saturated rings. The Morgan fingerprint density at radius 1 is 1.08 bits per heavy atom. The summed E-state index contributed by atoms with van der Waals surface area (Å²) in [5.74, 6) is 0.738. The van der Waals surface area contributed by atoms with Gasteiger partial charge in [0.05, 0.1) is 4.90 Å². The summed E-state index contributed by atoms with van der Waals surface area (Å²) in [6.07, 6.45) is 4.32. The first-order valence-electron chi connectivity index (χ1n) is 8.56. The average molecular weight is 355 g/mol. The van der Waals surface area contributed by atoms with E-state index in [2.05, 4.69) is 23.9 Å². The number of nitrogens with one attached hydrogen (secondary N) is 2. The van der Waals surface area contributed by atoms with Crippen LogP contribution < -0.4 is 10.0 Å². The zero-order chi connectivity index (χ0) is 18.2. The van der Waals surface area contributed by atoms with E-state index in [0.717, 1.165) is 18.4 Å².